The van der Waals surface area contributed by atoms with Gasteiger partial charge in [-0.2, -0.15) is 4.98 Å². The van der Waals surface area contributed by atoms with Gasteiger partial charge in [0.15, 0.2) is 23.0 Å². The number of anilines is 1. The van der Waals surface area contributed by atoms with E-state index in [1.807, 2.05) is 89.7 Å². The second kappa shape index (κ2) is 38.4. The Labute approximate surface area is 520 Å². The summed E-state index contributed by atoms with van der Waals surface area (Å²) in [4.78, 5) is 34.7. The average molecular weight is 1230 g/mol. The number of amides is 2. The number of fused-ring (bicyclic) bond motifs is 3. The van der Waals surface area contributed by atoms with Gasteiger partial charge in [0, 0.05) is 61.2 Å². The largest absolute Gasteiger partial charge is 0.497 e. The molecule has 480 valence electrons. The summed E-state index contributed by atoms with van der Waals surface area (Å²) >= 11 is 0. The van der Waals surface area contributed by atoms with Gasteiger partial charge >= 0.3 is 11.7 Å². The highest BCUT2D eigenvalue weighted by Gasteiger charge is 2.18. The Hall–Kier alpha value is -8.06. The molecule has 1 aliphatic heterocycles. The van der Waals surface area contributed by atoms with Crippen LogP contribution < -0.4 is 54.7 Å². The van der Waals surface area contributed by atoms with E-state index < -0.39 is 11.7 Å². The molecule has 0 spiro atoms. The van der Waals surface area contributed by atoms with E-state index in [1.54, 1.807) is 19.2 Å². The van der Waals surface area contributed by atoms with Crippen molar-refractivity contribution in [1.29, 1.82) is 0 Å². The molecule has 89 heavy (non-hydrogen) atoms. The number of aromatic nitrogens is 5. The maximum absolute atomic E-state index is 13.1. The van der Waals surface area contributed by atoms with Crippen molar-refractivity contribution >= 4 is 22.9 Å². The first-order chi connectivity index (χ1) is 43.8. The van der Waals surface area contributed by atoms with Gasteiger partial charge in [-0.15, -0.1) is 5.10 Å². The molecule has 1 aliphatic rings. The number of carbonyl (C=O) groups is 1. The van der Waals surface area contributed by atoms with Crippen molar-refractivity contribution in [2.75, 3.05) is 111 Å². The molecule has 7 aromatic rings. The van der Waals surface area contributed by atoms with E-state index in [9.17, 15) is 9.59 Å². The molecular formula is C66H86N8O15. The number of nitrogens with one attached hydrogen (secondary N) is 3. The van der Waals surface area contributed by atoms with Gasteiger partial charge in [-0.05, 0) is 85.3 Å². The average Bonchev–Trinajstić information content (AvgIpc) is 3.12. The predicted molar refractivity (Wildman–Crippen MR) is 334 cm³/mol. The second-order valence-corrected chi connectivity index (χ2v) is 20.9. The zero-order valence-corrected chi connectivity index (χ0v) is 51.6. The third-order valence-electron chi connectivity index (χ3n) is 14.2. The summed E-state index contributed by atoms with van der Waals surface area (Å²) in [6.45, 7) is 12.7. The summed E-state index contributed by atoms with van der Waals surface area (Å²) in [7, 11) is 1.55. The second-order valence-electron chi connectivity index (χ2n) is 20.9. The van der Waals surface area contributed by atoms with Gasteiger partial charge in [0.05, 0.1) is 85.1 Å². The molecule has 23 nitrogen and oxygen atoms in total. The van der Waals surface area contributed by atoms with E-state index in [1.165, 1.54) is 6.07 Å². The van der Waals surface area contributed by atoms with Crippen LogP contribution in [-0.4, -0.2) is 137 Å². The molecule has 3 aromatic heterocycles. The van der Waals surface area contributed by atoms with E-state index in [0.29, 0.717) is 165 Å². The van der Waals surface area contributed by atoms with Crippen molar-refractivity contribution in [2.45, 2.75) is 104 Å². The minimum atomic E-state index is -0.500. The Morgan fingerprint density at radius 2 is 1.29 bits per heavy atom. The molecule has 4 aromatic carbocycles. The minimum absolute atomic E-state index is 0.0543. The number of methoxy groups -OCH3 is 1. The topological polar surface area (TPSA) is 251 Å². The number of rotatable bonds is 27. The van der Waals surface area contributed by atoms with Crippen LogP contribution in [0.1, 0.15) is 99.2 Å². The van der Waals surface area contributed by atoms with Gasteiger partial charge in [-0.25, -0.2) is 14.6 Å². The molecule has 0 aliphatic carbocycles. The van der Waals surface area contributed by atoms with Crippen molar-refractivity contribution in [3.8, 4) is 40.4 Å². The van der Waals surface area contributed by atoms with Crippen LogP contribution in [0.5, 0.6) is 40.4 Å². The first-order valence-electron chi connectivity index (χ1n) is 30.9. The Morgan fingerprint density at radius 3 is 1.99 bits per heavy atom. The zero-order chi connectivity index (χ0) is 61.9. The molecular weight excluding hydrogens is 1140 g/mol. The number of unbranched alkanes of at least 4 members (excludes halogenated alkanes) is 4. The Morgan fingerprint density at radius 1 is 0.640 bits per heavy atom. The summed E-state index contributed by atoms with van der Waals surface area (Å²) in [6, 6.07) is 29.6. The first-order valence-corrected chi connectivity index (χ1v) is 30.9. The molecule has 23 heteroatoms. The maximum Gasteiger partial charge on any atom is 0.336 e. The number of aryl methyl sites for hydroxylation is 1. The molecule has 2 amide bonds. The number of hydrogen-bond donors (Lipinski definition) is 3. The molecule has 3 N–H and O–H groups in total. The lowest BCUT2D eigenvalue weighted by Gasteiger charge is -2.17. The fraction of sp³-hybridized carbons (Fsp3) is 0.485. The van der Waals surface area contributed by atoms with Gasteiger partial charge < -0.3 is 71.9 Å². The third-order valence-corrected chi connectivity index (χ3v) is 14.2. The number of para-hydroxylation sites is 2. The first kappa shape index (κ1) is 66.9. The fourth-order valence-corrected chi connectivity index (χ4v) is 9.53. The summed E-state index contributed by atoms with van der Waals surface area (Å²) in [5.74, 6) is 4.51. The number of urea groups is 1. The lowest BCUT2D eigenvalue weighted by atomic mass is 9.95. The maximum atomic E-state index is 13.1. The minimum Gasteiger partial charge on any atom is -0.497 e. The van der Waals surface area contributed by atoms with Crippen molar-refractivity contribution in [3.05, 3.63) is 142 Å². The van der Waals surface area contributed by atoms with Crippen LogP contribution >= 0.6 is 0 Å². The highest BCUT2D eigenvalue weighted by atomic mass is 16.6. The van der Waals surface area contributed by atoms with Crippen molar-refractivity contribution in [2.24, 2.45) is 0 Å². The van der Waals surface area contributed by atoms with E-state index in [0.717, 1.165) is 91.6 Å². The summed E-state index contributed by atoms with van der Waals surface area (Å²) in [5, 5.41) is 18.5. The van der Waals surface area contributed by atoms with Gasteiger partial charge in [0.1, 0.15) is 62.4 Å². The molecule has 0 saturated heterocycles. The monoisotopic (exact) mass is 1230 g/mol. The van der Waals surface area contributed by atoms with Gasteiger partial charge in [-0.1, -0.05) is 75.1 Å². The standard InChI is InChI=1S/C66H86N8O15/c1-4-6-13-51(5-2)57-43-63(88-47-52-41-64(75)89-61-42-55(77-3)21-22-56(52)61)70-65(69-57)71-66(76)68-24-11-7-8-12-25-74-46-53(72-73-74)48-82-34-35-83-54-19-16-49(17-20-54)44-67-45-50-18-23-60-62(40-50)87-39-33-81-29-28-79-31-37-85-59-15-10-9-14-58(59)84-36-30-78-26-27-80-32-38-86-60/h9-10,14-23,40-43,46,51,67H,4-8,11-13,24-39,44-45,47-48H2,1-3H3,(H2,68,69,70,71,76). The van der Waals surface area contributed by atoms with E-state index in [4.69, 9.17) is 66.2 Å². The summed E-state index contributed by atoms with van der Waals surface area (Å²) in [5.41, 5.74) is 4.22. The Bertz CT molecular complexity index is 3240. The lowest BCUT2D eigenvalue weighted by Crippen LogP contribution is -2.30. The number of nitrogens with zero attached hydrogens (tertiary/aromatic N) is 5. The molecule has 8 rings (SSSR count). The Balaban J connectivity index is 0.675. The van der Waals surface area contributed by atoms with Crippen molar-refractivity contribution < 1.29 is 66.1 Å². The van der Waals surface area contributed by atoms with E-state index in [-0.39, 0.29) is 18.5 Å². The van der Waals surface area contributed by atoms with E-state index in [2.05, 4.69) is 45.1 Å². The molecule has 0 bridgehead atoms. The fourth-order valence-electron chi connectivity index (χ4n) is 9.53. The van der Waals surface area contributed by atoms with Gasteiger partial charge in [0.25, 0.3) is 0 Å². The molecule has 1 atom stereocenters. The quantitative estimate of drug-likeness (QED) is 0.0320. The van der Waals surface area contributed by atoms with Crippen LogP contribution in [0.25, 0.3) is 11.0 Å². The van der Waals surface area contributed by atoms with Crippen LogP contribution in [0.4, 0.5) is 10.7 Å². The lowest BCUT2D eigenvalue weighted by molar-refractivity contribution is 0.0223. The molecule has 0 fully saturated rings. The molecule has 4 heterocycles. The van der Waals surface area contributed by atoms with Crippen LogP contribution in [0.2, 0.25) is 0 Å². The zero-order valence-electron chi connectivity index (χ0n) is 51.6. The summed E-state index contributed by atoms with van der Waals surface area (Å²) < 4.78 is 77.4. The van der Waals surface area contributed by atoms with Crippen LogP contribution in [-0.2, 0) is 56.5 Å². The molecule has 0 saturated carbocycles. The van der Waals surface area contributed by atoms with Crippen LogP contribution in [0, 0.1) is 0 Å². The summed E-state index contributed by atoms with van der Waals surface area (Å²) in [6.07, 6.45) is 9.38. The van der Waals surface area contributed by atoms with Gasteiger partial charge in [0.2, 0.25) is 11.8 Å². The number of hydrogen-bond acceptors (Lipinski definition) is 20. The van der Waals surface area contributed by atoms with Crippen LogP contribution in [0.15, 0.2) is 112 Å². The SMILES string of the molecule is CCCCC(CC)c1cc(OCc2cc(=O)oc3cc(OC)ccc23)nc(NC(=O)NCCCCCCn2cc(COCCOc3ccc(CNCc4ccc5c(c4)OCCOCCOCCOc4ccccc4OCCOCCOCCO5)cc3)nn2)n1. The van der Waals surface area contributed by atoms with Crippen molar-refractivity contribution in [1.82, 2.24) is 35.6 Å². The van der Waals surface area contributed by atoms with E-state index >= 15 is 0 Å². The number of carbonyl (C=O) groups excluding carboxylic acids is 1. The highest BCUT2D eigenvalue weighted by molar-refractivity contribution is 5.87. The molecule has 0 radical (unpaired) electrons. The number of ether oxygens (including phenoxy) is 12. The smallest absolute Gasteiger partial charge is 0.336 e. The number of benzene rings is 4. The normalized spacial score (nSPS) is 14.3. The Kier molecular flexibility index (Phi) is 28.8. The highest BCUT2D eigenvalue weighted by Crippen LogP contribution is 2.31. The van der Waals surface area contributed by atoms with Gasteiger partial charge in [-0.3, -0.25) is 10.00 Å². The molecule has 1 unspecified atom stereocenters. The third kappa shape index (κ3) is 23.8. The van der Waals surface area contributed by atoms with Crippen molar-refractivity contribution in [3.63, 3.8) is 0 Å². The predicted octanol–water partition coefficient (Wildman–Crippen LogP) is 10.0. The van der Waals surface area contributed by atoms with Crippen LogP contribution in [0.3, 0.4) is 0 Å².